The van der Waals surface area contributed by atoms with Gasteiger partial charge in [0.2, 0.25) is 0 Å². The molecule has 0 aliphatic rings. The van der Waals surface area contributed by atoms with E-state index in [1.54, 1.807) is 11.3 Å². The fourth-order valence-electron chi connectivity index (χ4n) is 1.58. The van der Waals surface area contributed by atoms with Crippen molar-refractivity contribution < 1.29 is 0 Å². The summed E-state index contributed by atoms with van der Waals surface area (Å²) in [6.07, 6.45) is 0. The molecule has 0 saturated carbocycles. The van der Waals surface area contributed by atoms with Gasteiger partial charge in [-0.25, -0.2) is 4.98 Å². The first-order chi connectivity index (χ1) is 8.00. The van der Waals surface area contributed by atoms with Crippen LogP contribution in [0.1, 0.15) is 52.1 Å². The molecule has 0 unspecified atom stereocenters. The van der Waals surface area contributed by atoms with Crippen LogP contribution in [0.5, 0.6) is 0 Å². The molecule has 3 nitrogen and oxygen atoms in total. The number of anilines is 1. The molecule has 18 heavy (non-hydrogen) atoms. The number of nitrogens with one attached hydrogen (secondary N) is 1. The molecule has 0 atom stereocenters. The van der Waals surface area contributed by atoms with E-state index >= 15 is 0 Å². The lowest BCUT2D eigenvalue weighted by atomic mass is 9.91. The fourth-order valence-corrected chi connectivity index (χ4v) is 2.71. The first kappa shape index (κ1) is 15.4. The van der Waals surface area contributed by atoms with Crippen molar-refractivity contribution in [3.8, 4) is 0 Å². The predicted molar refractivity (Wildman–Crippen MR) is 81.7 cm³/mol. The summed E-state index contributed by atoms with van der Waals surface area (Å²) in [4.78, 5) is 8.22. The molecule has 0 radical (unpaired) electrons. The monoisotopic (exact) mass is 269 g/mol. The van der Waals surface area contributed by atoms with Crippen molar-refractivity contribution in [2.75, 3.05) is 19.0 Å². The molecule has 0 spiro atoms. The third-order valence-corrected chi connectivity index (χ3v) is 3.78. The Morgan fingerprint density at radius 3 is 2.06 bits per heavy atom. The molecule has 0 fully saturated rings. The average molecular weight is 269 g/mol. The van der Waals surface area contributed by atoms with Gasteiger partial charge in [-0.2, -0.15) is 0 Å². The number of hydrogen-bond acceptors (Lipinski definition) is 4. The highest BCUT2D eigenvalue weighted by Gasteiger charge is 2.24. The van der Waals surface area contributed by atoms with E-state index in [4.69, 9.17) is 4.98 Å². The number of hydrogen-bond donors (Lipinski definition) is 1. The molecule has 0 saturated heterocycles. The molecule has 104 valence electrons. The molecular formula is C14H27N3S. The highest BCUT2D eigenvalue weighted by Crippen LogP contribution is 2.33. The van der Waals surface area contributed by atoms with Crippen molar-refractivity contribution >= 4 is 16.5 Å². The second-order valence-corrected chi connectivity index (χ2v) is 8.08. The molecule has 0 bridgehead atoms. The Morgan fingerprint density at radius 2 is 1.67 bits per heavy atom. The Hall–Kier alpha value is -0.610. The topological polar surface area (TPSA) is 28.2 Å². The van der Waals surface area contributed by atoms with E-state index in [1.807, 2.05) is 14.1 Å². The molecule has 4 heteroatoms. The second kappa shape index (κ2) is 5.17. The zero-order valence-electron chi connectivity index (χ0n) is 13.0. The Balaban J connectivity index is 3.01. The van der Waals surface area contributed by atoms with Crippen molar-refractivity contribution in [1.82, 2.24) is 10.3 Å². The van der Waals surface area contributed by atoms with Crippen LogP contribution in [0.3, 0.4) is 0 Å². The lowest BCUT2D eigenvalue weighted by Crippen LogP contribution is -2.35. The summed E-state index contributed by atoms with van der Waals surface area (Å²) in [6, 6.07) is 0. The van der Waals surface area contributed by atoms with E-state index < -0.39 is 0 Å². The molecule has 1 heterocycles. The number of aromatic nitrogens is 1. The van der Waals surface area contributed by atoms with E-state index in [9.17, 15) is 0 Å². The third kappa shape index (κ3) is 4.25. The molecule has 0 aliphatic carbocycles. The van der Waals surface area contributed by atoms with Gasteiger partial charge in [-0.3, -0.25) is 0 Å². The highest BCUT2D eigenvalue weighted by molar-refractivity contribution is 7.15. The lowest BCUT2D eigenvalue weighted by Gasteiger charge is -2.22. The molecule has 0 aliphatic heterocycles. The molecule has 1 aromatic rings. The van der Waals surface area contributed by atoms with E-state index in [0.29, 0.717) is 0 Å². The summed E-state index contributed by atoms with van der Waals surface area (Å²) >= 11 is 1.79. The minimum absolute atomic E-state index is 0.0969. The van der Waals surface area contributed by atoms with E-state index in [1.165, 1.54) is 10.6 Å². The highest BCUT2D eigenvalue weighted by atomic mass is 32.1. The van der Waals surface area contributed by atoms with E-state index in [0.717, 1.165) is 11.7 Å². The van der Waals surface area contributed by atoms with Gasteiger partial charge in [0.15, 0.2) is 5.13 Å². The molecular weight excluding hydrogens is 242 g/mol. The van der Waals surface area contributed by atoms with Crippen LogP contribution >= 0.6 is 11.3 Å². The van der Waals surface area contributed by atoms with Crippen LogP contribution in [-0.4, -0.2) is 24.6 Å². The summed E-state index contributed by atoms with van der Waals surface area (Å²) in [5.41, 5.74) is 1.45. The van der Waals surface area contributed by atoms with Gasteiger partial charge in [0.05, 0.1) is 5.69 Å². The molecule has 0 amide bonds. The third-order valence-electron chi connectivity index (χ3n) is 2.56. The zero-order valence-corrected chi connectivity index (χ0v) is 13.8. The van der Waals surface area contributed by atoms with Crippen LogP contribution in [0, 0.1) is 0 Å². The molecule has 1 rings (SSSR count). The van der Waals surface area contributed by atoms with Crippen LogP contribution in [0.2, 0.25) is 0 Å². The number of rotatable bonds is 3. The Bertz CT molecular complexity index is 394. The van der Waals surface area contributed by atoms with Crippen molar-refractivity contribution in [2.24, 2.45) is 0 Å². The Labute approximate surface area is 116 Å². The van der Waals surface area contributed by atoms with Crippen LogP contribution in [0.15, 0.2) is 0 Å². The maximum atomic E-state index is 4.79. The normalized spacial score (nSPS) is 12.9. The summed E-state index contributed by atoms with van der Waals surface area (Å²) in [7, 11) is 4.10. The standard InChI is InChI=1S/C14H27N3S/c1-13(2,3)11-10(9-15-14(4,5)6)18-12(16-11)17(7)8/h15H,9H2,1-8H3. The van der Waals surface area contributed by atoms with Crippen LogP contribution in [-0.2, 0) is 12.0 Å². The quantitative estimate of drug-likeness (QED) is 0.911. The van der Waals surface area contributed by atoms with Crippen LogP contribution in [0.4, 0.5) is 5.13 Å². The summed E-state index contributed by atoms with van der Waals surface area (Å²) in [5.74, 6) is 0. The molecule has 0 aromatic carbocycles. The predicted octanol–water partition coefficient (Wildman–Crippen LogP) is 3.39. The van der Waals surface area contributed by atoms with Crippen molar-refractivity contribution in [1.29, 1.82) is 0 Å². The zero-order chi connectivity index (χ0) is 14.1. The van der Waals surface area contributed by atoms with Gasteiger partial charge in [-0.05, 0) is 20.8 Å². The smallest absolute Gasteiger partial charge is 0.185 e. The average Bonchev–Trinajstić information content (AvgIpc) is 2.56. The summed E-state index contributed by atoms with van der Waals surface area (Å²) in [5, 5.41) is 4.64. The summed E-state index contributed by atoms with van der Waals surface area (Å²) < 4.78 is 0. The SMILES string of the molecule is CN(C)c1nc(C(C)(C)C)c(CNC(C)(C)C)s1. The van der Waals surface area contributed by atoms with E-state index in [2.05, 4.69) is 51.8 Å². The largest absolute Gasteiger partial charge is 0.354 e. The van der Waals surface area contributed by atoms with Crippen LogP contribution < -0.4 is 10.2 Å². The van der Waals surface area contributed by atoms with Crippen molar-refractivity contribution in [2.45, 2.75) is 59.0 Å². The Kier molecular flexibility index (Phi) is 4.44. The maximum Gasteiger partial charge on any atom is 0.185 e. The van der Waals surface area contributed by atoms with Crippen LogP contribution in [0.25, 0.3) is 0 Å². The van der Waals surface area contributed by atoms with Gasteiger partial charge in [-0.15, -0.1) is 11.3 Å². The van der Waals surface area contributed by atoms with Gasteiger partial charge >= 0.3 is 0 Å². The van der Waals surface area contributed by atoms with Gasteiger partial charge in [0.25, 0.3) is 0 Å². The first-order valence-electron chi connectivity index (χ1n) is 6.43. The van der Waals surface area contributed by atoms with Gasteiger partial charge in [0, 0.05) is 36.5 Å². The van der Waals surface area contributed by atoms with Crippen molar-refractivity contribution in [3.05, 3.63) is 10.6 Å². The number of thiazole rings is 1. The van der Waals surface area contributed by atoms with E-state index in [-0.39, 0.29) is 11.0 Å². The Morgan fingerprint density at radius 1 is 1.11 bits per heavy atom. The minimum Gasteiger partial charge on any atom is -0.354 e. The van der Waals surface area contributed by atoms with Gasteiger partial charge in [-0.1, -0.05) is 20.8 Å². The lowest BCUT2D eigenvalue weighted by molar-refractivity contribution is 0.422. The van der Waals surface area contributed by atoms with Gasteiger partial charge < -0.3 is 10.2 Å². The fraction of sp³-hybridized carbons (Fsp3) is 0.786. The van der Waals surface area contributed by atoms with Gasteiger partial charge in [0.1, 0.15) is 0 Å². The minimum atomic E-state index is 0.0969. The summed E-state index contributed by atoms with van der Waals surface area (Å²) in [6.45, 7) is 14.1. The first-order valence-corrected chi connectivity index (χ1v) is 7.25. The second-order valence-electron chi connectivity index (χ2n) is 7.02. The molecule has 1 aromatic heterocycles. The van der Waals surface area contributed by atoms with Crippen molar-refractivity contribution in [3.63, 3.8) is 0 Å². The number of nitrogens with zero attached hydrogens (tertiary/aromatic N) is 2. The molecule has 1 N–H and O–H groups in total. The maximum absolute atomic E-state index is 4.79.